The highest BCUT2D eigenvalue weighted by atomic mass is 19.3. The van der Waals surface area contributed by atoms with Crippen molar-refractivity contribution < 1.29 is 18.7 Å². The molecule has 0 fully saturated rings. The van der Waals surface area contributed by atoms with E-state index in [4.69, 9.17) is 0 Å². The minimum atomic E-state index is -2.59. The van der Waals surface area contributed by atoms with E-state index in [0.29, 0.717) is 36.2 Å². The van der Waals surface area contributed by atoms with Gasteiger partial charge in [0.15, 0.2) is 5.82 Å². The van der Waals surface area contributed by atoms with Crippen molar-refractivity contribution in [2.45, 2.75) is 39.1 Å². The number of hydrogen-bond donors (Lipinski definition) is 3. The molecule has 12 heteroatoms. The van der Waals surface area contributed by atoms with E-state index in [1.165, 1.54) is 24.1 Å². The summed E-state index contributed by atoms with van der Waals surface area (Å²) >= 11 is 0. The summed E-state index contributed by atoms with van der Waals surface area (Å²) < 4.78 is 26.9. The topological polar surface area (TPSA) is 121 Å². The molecule has 0 aliphatic carbocycles. The van der Waals surface area contributed by atoms with Crippen molar-refractivity contribution in [1.29, 1.82) is 0 Å². The van der Waals surface area contributed by atoms with Crippen LogP contribution in [0.15, 0.2) is 30.7 Å². The lowest BCUT2D eigenvalue weighted by Gasteiger charge is -2.38. The quantitative estimate of drug-likeness (QED) is 0.528. The van der Waals surface area contributed by atoms with Crippen LogP contribution in [-0.4, -0.2) is 48.5 Å². The van der Waals surface area contributed by atoms with Gasteiger partial charge in [-0.05, 0) is 25.5 Å². The third-order valence-electron chi connectivity index (χ3n) is 5.26. The fourth-order valence-corrected chi connectivity index (χ4v) is 3.23. The molecule has 0 unspecified atom stereocenters. The SMILES string of the molecule is Cc1nc(NCc2cnn(Cc3ccc(C(F)F)nc3)c2)nc2c1NC(=O)[C@](C)(O)N2C. The largest absolute Gasteiger partial charge is 0.363 e. The fraction of sp³-hybridized carbons (Fsp3) is 0.350. The lowest BCUT2D eigenvalue weighted by molar-refractivity contribution is -0.132. The number of nitrogens with one attached hydrogen (secondary N) is 2. The molecule has 3 aromatic rings. The van der Waals surface area contributed by atoms with E-state index in [1.807, 2.05) is 6.20 Å². The number of amides is 1. The van der Waals surface area contributed by atoms with Crippen LogP contribution in [0.1, 0.15) is 35.9 Å². The summed E-state index contributed by atoms with van der Waals surface area (Å²) in [4.78, 5) is 26.0. The molecule has 4 heterocycles. The first-order valence-electron chi connectivity index (χ1n) is 9.79. The number of alkyl halides is 2. The van der Waals surface area contributed by atoms with E-state index in [2.05, 4.69) is 30.7 Å². The van der Waals surface area contributed by atoms with Crippen LogP contribution in [0.2, 0.25) is 0 Å². The molecular weight excluding hydrogens is 422 g/mol. The van der Waals surface area contributed by atoms with Crippen LogP contribution < -0.4 is 15.5 Å². The lowest BCUT2D eigenvalue weighted by Crippen LogP contribution is -2.57. The number of carbonyl (C=O) groups excluding carboxylic acids is 1. The van der Waals surface area contributed by atoms with E-state index in [1.54, 1.807) is 30.9 Å². The zero-order valence-corrected chi connectivity index (χ0v) is 17.7. The molecule has 0 saturated carbocycles. The number of halogens is 2. The maximum absolute atomic E-state index is 12.6. The summed E-state index contributed by atoms with van der Waals surface area (Å²) in [5.41, 5.74) is 0.635. The van der Waals surface area contributed by atoms with Gasteiger partial charge in [-0.15, -0.1) is 0 Å². The zero-order chi connectivity index (χ0) is 23.0. The molecule has 1 aliphatic rings. The second kappa shape index (κ2) is 8.11. The van der Waals surface area contributed by atoms with Crippen LogP contribution in [0.25, 0.3) is 0 Å². The van der Waals surface area contributed by atoms with Crippen molar-refractivity contribution >= 4 is 23.4 Å². The smallest absolute Gasteiger partial charge is 0.280 e. The second-order valence-electron chi connectivity index (χ2n) is 7.66. The van der Waals surface area contributed by atoms with Crippen LogP contribution in [0.3, 0.4) is 0 Å². The Morgan fingerprint density at radius 1 is 1.25 bits per heavy atom. The van der Waals surface area contributed by atoms with E-state index in [-0.39, 0.29) is 5.69 Å². The van der Waals surface area contributed by atoms with Crippen LogP contribution in [0.5, 0.6) is 0 Å². The van der Waals surface area contributed by atoms with Gasteiger partial charge in [0.2, 0.25) is 11.7 Å². The number of pyridine rings is 1. The molecule has 0 bridgehead atoms. The number of aryl methyl sites for hydroxylation is 1. The number of anilines is 3. The first-order valence-corrected chi connectivity index (χ1v) is 9.79. The van der Waals surface area contributed by atoms with Gasteiger partial charge >= 0.3 is 0 Å². The van der Waals surface area contributed by atoms with Gasteiger partial charge in [0.1, 0.15) is 11.4 Å². The Hall–Kier alpha value is -3.67. The molecular formula is C20H22F2N8O2. The Morgan fingerprint density at radius 3 is 2.72 bits per heavy atom. The molecule has 3 N–H and O–H groups in total. The summed E-state index contributed by atoms with van der Waals surface area (Å²) in [6.07, 6.45) is 2.31. The second-order valence-corrected chi connectivity index (χ2v) is 7.66. The van der Waals surface area contributed by atoms with Crippen LogP contribution >= 0.6 is 0 Å². The lowest BCUT2D eigenvalue weighted by atomic mass is 10.1. The van der Waals surface area contributed by atoms with E-state index in [0.717, 1.165) is 11.1 Å². The number of rotatable bonds is 6. The summed E-state index contributed by atoms with van der Waals surface area (Å²) in [6.45, 7) is 3.91. The molecule has 32 heavy (non-hydrogen) atoms. The number of fused-ring (bicyclic) bond motifs is 1. The normalized spacial score (nSPS) is 18.0. The van der Waals surface area contributed by atoms with Gasteiger partial charge in [-0.2, -0.15) is 10.1 Å². The van der Waals surface area contributed by atoms with Crippen molar-refractivity contribution in [3.05, 3.63) is 53.2 Å². The van der Waals surface area contributed by atoms with E-state index in [9.17, 15) is 18.7 Å². The molecule has 168 valence electrons. The summed E-state index contributed by atoms with van der Waals surface area (Å²) in [6, 6.07) is 2.90. The average Bonchev–Trinajstić information content (AvgIpc) is 3.19. The minimum Gasteiger partial charge on any atom is -0.363 e. The number of hydrogen-bond acceptors (Lipinski definition) is 8. The Balaban J connectivity index is 1.44. The number of nitrogens with zero attached hydrogens (tertiary/aromatic N) is 6. The molecule has 0 spiro atoms. The van der Waals surface area contributed by atoms with E-state index < -0.39 is 18.1 Å². The highest BCUT2D eigenvalue weighted by Crippen LogP contribution is 2.35. The van der Waals surface area contributed by atoms with Gasteiger partial charge < -0.3 is 20.6 Å². The molecule has 0 saturated heterocycles. The molecule has 4 rings (SSSR count). The van der Waals surface area contributed by atoms with Gasteiger partial charge in [0, 0.05) is 31.5 Å². The van der Waals surface area contributed by atoms with Crippen molar-refractivity contribution in [1.82, 2.24) is 24.7 Å². The third-order valence-corrected chi connectivity index (χ3v) is 5.26. The minimum absolute atomic E-state index is 0.258. The number of carbonyl (C=O) groups is 1. The Kier molecular flexibility index (Phi) is 5.46. The summed E-state index contributed by atoms with van der Waals surface area (Å²) in [7, 11) is 1.58. The zero-order valence-electron chi connectivity index (χ0n) is 17.7. The van der Waals surface area contributed by atoms with Gasteiger partial charge in [-0.25, -0.2) is 13.8 Å². The first kappa shape index (κ1) is 21.6. The number of aromatic nitrogens is 5. The van der Waals surface area contributed by atoms with Gasteiger partial charge in [-0.1, -0.05) is 6.07 Å². The highest BCUT2D eigenvalue weighted by molar-refractivity contribution is 6.04. The predicted octanol–water partition coefficient (Wildman–Crippen LogP) is 2.07. The molecule has 1 atom stereocenters. The van der Waals surface area contributed by atoms with Gasteiger partial charge in [0.25, 0.3) is 12.3 Å². The van der Waals surface area contributed by atoms with Crippen molar-refractivity contribution in [3.8, 4) is 0 Å². The third kappa shape index (κ3) is 4.08. The highest BCUT2D eigenvalue weighted by Gasteiger charge is 2.42. The Morgan fingerprint density at radius 2 is 2.03 bits per heavy atom. The molecule has 1 amide bonds. The number of likely N-dealkylation sites (N-methyl/N-ethyl adjacent to an activating group) is 1. The maximum atomic E-state index is 12.6. The van der Waals surface area contributed by atoms with Crippen molar-refractivity contribution in [3.63, 3.8) is 0 Å². The van der Waals surface area contributed by atoms with Gasteiger partial charge in [0.05, 0.1) is 18.4 Å². The molecule has 10 nitrogen and oxygen atoms in total. The van der Waals surface area contributed by atoms with Crippen LogP contribution in [0.4, 0.5) is 26.2 Å². The Labute approximate surface area is 182 Å². The fourth-order valence-electron chi connectivity index (χ4n) is 3.23. The van der Waals surface area contributed by atoms with Gasteiger partial charge in [-0.3, -0.25) is 14.5 Å². The molecule has 0 radical (unpaired) electrons. The first-order chi connectivity index (χ1) is 15.1. The summed E-state index contributed by atoms with van der Waals surface area (Å²) in [5.74, 6) is 0.186. The summed E-state index contributed by atoms with van der Waals surface area (Å²) in [5, 5.41) is 20.4. The Bertz CT molecular complexity index is 1150. The standard InChI is InChI=1S/C20H22F2N8O2/c1-11-15-17(29(3)20(2,32)18(31)27-15)28-19(26-11)24-7-13-8-25-30(10-13)9-12-4-5-14(16(21)22)23-6-12/h4-6,8,10,16,32H,7,9H2,1-3H3,(H,27,31)(H,24,26,28)/t20-/m0/s1. The number of aliphatic hydroxyl groups is 1. The molecule has 0 aromatic carbocycles. The van der Waals surface area contributed by atoms with E-state index >= 15 is 0 Å². The van der Waals surface area contributed by atoms with Crippen molar-refractivity contribution in [2.75, 3.05) is 22.6 Å². The molecule has 1 aliphatic heterocycles. The van der Waals surface area contributed by atoms with Crippen molar-refractivity contribution in [2.24, 2.45) is 0 Å². The van der Waals surface area contributed by atoms with Crippen LogP contribution in [0, 0.1) is 6.92 Å². The maximum Gasteiger partial charge on any atom is 0.280 e. The predicted molar refractivity (Wildman–Crippen MR) is 112 cm³/mol. The monoisotopic (exact) mass is 444 g/mol. The molecule has 3 aromatic heterocycles. The van der Waals surface area contributed by atoms with Crippen LogP contribution in [-0.2, 0) is 17.9 Å². The average molecular weight is 444 g/mol.